The van der Waals surface area contributed by atoms with Crippen molar-refractivity contribution in [3.05, 3.63) is 71.0 Å². The Kier molecular flexibility index (Phi) is 7.18. The molecule has 150 valence electrons. The van der Waals surface area contributed by atoms with Crippen molar-refractivity contribution < 1.29 is 19.0 Å². The highest BCUT2D eigenvalue weighted by Crippen LogP contribution is 2.05. The van der Waals surface area contributed by atoms with Gasteiger partial charge in [0.05, 0.1) is 0 Å². The largest absolute Gasteiger partial charge is 0.351 e. The van der Waals surface area contributed by atoms with E-state index in [1.165, 1.54) is 28.2 Å². The number of hydrogen-bond donors (Lipinski definition) is 3. The second kappa shape index (κ2) is 9.80. The molecule has 3 rings (SSSR count). The number of nitrogens with one attached hydrogen (secondary N) is 3. The van der Waals surface area contributed by atoms with Gasteiger partial charge >= 0.3 is 0 Å². The second-order valence-corrected chi connectivity index (χ2v) is 7.90. The summed E-state index contributed by atoms with van der Waals surface area (Å²) in [7, 11) is 0. The number of rotatable bonds is 7. The highest BCUT2D eigenvalue weighted by molar-refractivity contribution is 5.79. The van der Waals surface area contributed by atoms with Gasteiger partial charge in [0.15, 0.2) is 6.04 Å². The van der Waals surface area contributed by atoms with Crippen LogP contribution < -0.4 is 15.1 Å². The van der Waals surface area contributed by atoms with Crippen molar-refractivity contribution in [3.63, 3.8) is 0 Å². The van der Waals surface area contributed by atoms with E-state index in [1.807, 2.05) is 6.92 Å². The normalized spacial score (nSPS) is 20.5. The van der Waals surface area contributed by atoms with E-state index >= 15 is 0 Å². The summed E-state index contributed by atoms with van der Waals surface area (Å²) >= 11 is 0. The van der Waals surface area contributed by atoms with E-state index in [2.05, 4.69) is 36.5 Å². The van der Waals surface area contributed by atoms with Crippen LogP contribution in [-0.4, -0.2) is 44.7 Å². The highest BCUT2D eigenvalue weighted by Gasteiger charge is 2.30. The Morgan fingerprint density at radius 2 is 1.75 bits per heavy atom. The van der Waals surface area contributed by atoms with Crippen LogP contribution in [0.5, 0.6) is 0 Å². The minimum absolute atomic E-state index is 0.0340. The average Bonchev–Trinajstić information content (AvgIpc) is 2.71. The maximum absolute atomic E-state index is 12.9. The molecule has 2 aromatic rings. The Hall–Kier alpha value is -2.24. The number of piperazine rings is 1. The van der Waals surface area contributed by atoms with Crippen LogP contribution in [0, 0.1) is 12.7 Å². The van der Waals surface area contributed by atoms with Gasteiger partial charge in [0.2, 0.25) is 0 Å². The molecule has 0 saturated carbocycles. The zero-order valence-electron chi connectivity index (χ0n) is 16.9. The van der Waals surface area contributed by atoms with Crippen molar-refractivity contribution in [2.24, 2.45) is 0 Å². The molecule has 1 amide bonds. The Morgan fingerprint density at radius 1 is 1.07 bits per heavy atom. The molecular weight excluding hydrogens is 353 g/mol. The minimum Gasteiger partial charge on any atom is -0.351 e. The van der Waals surface area contributed by atoms with Crippen LogP contribution in [0.4, 0.5) is 4.39 Å². The van der Waals surface area contributed by atoms with Gasteiger partial charge in [-0.3, -0.25) is 4.79 Å². The summed E-state index contributed by atoms with van der Waals surface area (Å²) < 4.78 is 12.9. The average molecular weight is 386 g/mol. The Labute approximate surface area is 167 Å². The van der Waals surface area contributed by atoms with E-state index in [4.69, 9.17) is 0 Å². The summed E-state index contributed by atoms with van der Waals surface area (Å²) in [6.07, 6.45) is 0.725. The van der Waals surface area contributed by atoms with Gasteiger partial charge in [0.1, 0.15) is 38.5 Å². The third-order valence-electron chi connectivity index (χ3n) is 5.93. The third-order valence-corrected chi connectivity index (χ3v) is 5.93. The van der Waals surface area contributed by atoms with E-state index in [9.17, 15) is 9.18 Å². The highest BCUT2D eigenvalue weighted by atomic mass is 19.1. The summed E-state index contributed by atoms with van der Waals surface area (Å²) in [5.74, 6) is -0.117. The molecule has 0 radical (unpaired) electrons. The molecule has 1 aliphatic heterocycles. The molecular formula is C23H32FN3O+2. The van der Waals surface area contributed by atoms with Crippen molar-refractivity contribution in [2.45, 2.75) is 32.9 Å². The van der Waals surface area contributed by atoms with Gasteiger partial charge in [0, 0.05) is 12.1 Å². The number of halogens is 1. The molecule has 1 fully saturated rings. The number of quaternary nitrogens is 2. The first-order valence-electron chi connectivity index (χ1n) is 10.3. The van der Waals surface area contributed by atoms with Gasteiger partial charge in [-0.25, -0.2) is 4.39 Å². The second-order valence-electron chi connectivity index (χ2n) is 7.90. The lowest BCUT2D eigenvalue weighted by molar-refractivity contribution is -1.02. The molecule has 4 nitrogen and oxygen atoms in total. The Bertz CT molecular complexity index is 770. The lowest BCUT2D eigenvalue weighted by Crippen LogP contribution is -3.29. The number of amides is 1. The third kappa shape index (κ3) is 5.63. The van der Waals surface area contributed by atoms with Crippen LogP contribution in [0.1, 0.15) is 23.6 Å². The number of benzene rings is 2. The fraction of sp³-hybridized carbons (Fsp3) is 0.435. The maximum atomic E-state index is 12.9. The van der Waals surface area contributed by atoms with Crippen LogP contribution >= 0.6 is 0 Å². The number of carbonyl (C=O) groups excluding carboxylic acids is 1. The van der Waals surface area contributed by atoms with Crippen LogP contribution in [0.25, 0.3) is 0 Å². The maximum Gasteiger partial charge on any atom is 0.278 e. The molecule has 3 N–H and O–H groups in total. The summed E-state index contributed by atoms with van der Waals surface area (Å²) in [4.78, 5) is 15.5. The van der Waals surface area contributed by atoms with Crippen molar-refractivity contribution in [1.29, 1.82) is 0 Å². The molecule has 2 aromatic carbocycles. The summed E-state index contributed by atoms with van der Waals surface area (Å²) in [5, 5.41) is 3.04. The molecule has 0 unspecified atom stereocenters. The van der Waals surface area contributed by atoms with Gasteiger partial charge in [-0.15, -0.1) is 0 Å². The molecule has 0 aliphatic carbocycles. The molecule has 1 heterocycles. The van der Waals surface area contributed by atoms with Crippen LogP contribution in [-0.2, 0) is 17.8 Å². The van der Waals surface area contributed by atoms with E-state index in [0.29, 0.717) is 6.54 Å². The van der Waals surface area contributed by atoms with Crippen molar-refractivity contribution in [3.8, 4) is 0 Å². The molecule has 0 bridgehead atoms. The first-order valence-corrected chi connectivity index (χ1v) is 10.3. The summed E-state index contributed by atoms with van der Waals surface area (Å²) in [5.41, 5.74) is 3.82. The summed E-state index contributed by atoms with van der Waals surface area (Å²) in [6.45, 7) is 10.1. The first-order chi connectivity index (χ1) is 13.5. The molecule has 5 heteroatoms. The fourth-order valence-corrected chi connectivity index (χ4v) is 3.93. The van der Waals surface area contributed by atoms with E-state index in [0.717, 1.165) is 44.7 Å². The van der Waals surface area contributed by atoms with Gasteiger partial charge < -0.3 is 15.1 Å². The zero-order chi connectivity index (χ0) is 19.9. The van der Waals surface area contributed by atoms with Crippen molar-refractivity contribution in [1.82, 2.24) is 5.32 Å². The molecule has 28 heavy (non-hydrogen) atoms. The van der Waals surface area contributed by atoms with Crippen LogP contribution in [0.3, 0.4) is 0 Å². The molecule has 0 aromatic heterocycles. The number of aryl methyl sites for hydroxylation is 1. The Balaban J connectivity index is 1.40. The summed E-state index contributed by atoms with van der Waals surface area (Å²) in [6, 6.07) is 15.0. The lowest BCUT2D eigenvalue weighted by atomic mass is 10.1. The van der Waals surface area contributed by atoms with Gasteiger partial charge in [-0.2, -0.15) is 0 Å². The molecule has 1 saturated heterocycles. The van der Waals surface area contributed by atoms with E-state index < -0.39 is 0 Å². The van der Waals surface area contributed by atoms with Crippen LogP contribution in [0.2, 0.25) is 0 Å². The SMILES string of the molecule is Cc1ccccc1C[NH+]1CC[NH+]([C@@H](C)C(=O)NCCc2ccc(F)cc2)CC1. The van der Waals surface area contributed by atoms with Gasteiger partial charge in [0.25, 0.3) is 5.91 Å². The van der Waals surface area contributed by atoms with E-state index in [1.54, 1.807) is 17.0 Å². The lowest BCUT2D eigenvalue weighted by Gasteiger charge is -2.32. The van der Waals surface area contributed by atoms with Crippen molar-refractivity contribution in [2.75, 3.05) is 32.7 Å². The molecule has 1 aliphatic rings. The monoisotopic (exact) mass is 385 g/mol. The molecule has 1 atom stereocenters. The van der Waals surface area contributed by atoms with Crippen molar-refractivity contribution >= 4 is 5.91 Å². The zero-order valence-corrected chi connectivity index (χ0v) is 16.9. The first kappa shape index (κ1) is 20.5. The van der Waals surface area contributed by atoms with Gasteiger partial charge in [-0.05, 0) is 43.5 Å². The fourth-order valence-electron chi connectivity index (χ4n) is 3.93. The minimum atomic E-state index is -0.228. The topological polar surface area (TPSA) is 38.0 Å². The predicted molar refractivity (Wildman–Crippen MR) is 109 cm³/mol. The smallest absolute Gasteiger partial charge is 0.278 e. The van der Waals surface area contributed by atoms with Crippen LogP contribution in [0.15, 0.2) is 48.5 Å². The van der Waals surface area contributed by atoms with Gasteiger partial charge in [-0.1, -0.05) is 36.4 Å². The quantitative estimate of drug-likeness (QED) is 0.624. The number of carbonyl (C=O) groups is 1. The Morgan fingerprint density at radius 3 is 2.43 bits per heavy atom. The standard InChI is InChI=1S/C23H30FN3O/c1-18-5-3-4-6-21(18)17-26-13-15-27(16-14-26)19(2)23(28)25-12-11-20-7-9-22(24)10-8-20/h3-10,19H,11-17H2,1-2H3,(H,25,28)/p+2/t19-/m0/s1. The molecule has 0 spiro atoms. The predicted octanol–water partition coefficient (Wildman–Crippen LogP) is 0.165. The van der Waals surface area contributed by atoms with E-state index in [-0.39, 0.29) is 17.8 Å². The number of hydrogen-bond acceptors (Lipinski definition) is 1.